The Labute approximate surface area is 84.9 Å². The number of hydrogen-bond donors (Lipinski definition) is 0. The number of carbonyl (C=O) groups is 1. The van der Waals surface area contributed by atoms with Crippen molar-refractivity contribution in [3.05, 3.63) is 12.2 Å². The van der Waals surface area contributed by atoms with E-state index in [1.54, 1.807) is 0 Å². The zero-order valence-corrected chi connectivity index (χ0v) is 8.82. The Bertz CT molecular complexity index is 256. The number of aliphatic imine (C=N–C) groups is 1. The highest BCUT2D eigenvalue weighted by molar-refractivity contribution is 5.86. The molecule has 0 aromatic carbocycles. The van der Waals surface area contributed by atoms with Crippen molar-refractivity contribution >= 4 is 11.7 Å². The van der Waals surface area contributed by atoms with Gasteiger partial charge in [0.1, 0.15) is 0 Å². The van der Waals surface area contributed by atoms with E-state index in [1.165, 1.54) is 18.9 Å². The zero-order chi connectivity index (χ0) is 10.4. The first-order valence-electron chi connectivity index (χ1n) is 5.06. The molecule has 0 saturated carbocycles. The normalized spacial score (nSPS) is 21.3. The quantitative estimate of drug-likeness (QED) is 0.509. The van der Waals surface area contributed by atoms with Gasteiger partial charge in [0.25, 0.3) is 0 Å². The molecule has 0 bridgehead atoms. The molecule has 0 aromatic rings. The molecule has 0 aromatic heterocycles. The maximum Gasteiger partial charge on any atom is 0.330 e. The summed E-state index contributed by atoms with van der Waals surface area (Å²) in [4.78, 5) is 15.3. The van der Waals surface area contributed by atoms with Gasteiger partial charge in [0.2, 0.25) is 0 Å². The van der Waals surface area contributed by atoms with Gasteiger partial charge in [0.05, 0.1) is 13.2 Å². The standard InChI is InChI=1S/C11H17NO2/c1-3-9-7-8-10(12-9)5-4-6-11(13)14-2/h4,6,10H,3,5,7-8H2,1-2H3/t10-/m1/s1. The van der Waals surface area contributed by atoms with Gasteiger partial charge >= 0.3 is 5.97 Å². The molecular weight excluding hydrogens is 178 g/mol. The molecule has 3 nitrogen and oxygen atoms in total. The number of hydrogen-bond acceptors (Lipinski definition) is 3. The van der Waals surface area contributed by atoms with Gasteiger partial charge in [-0.3, -0.25) is 4.99 Å². The van der Waals surface area contributed by atoms with Crippen molar-refractivity contribution < 1.29 is 9.53 Å². The average Bonchev–Trinajstić information content (AvgIpc) is 2.65. The summed E-state index contributed by atoms with van der Waals surface area (Å²) in [5, 5.41) is 0. The molecule has 1 aliphatic rings. The summed E-state index contributed by atoms with van der Waals surface area (Å²) in [7, 11) is 1.38. The fourth-order valence-electron chi connectivity index (χ4n) is 1.55. The molecule has 3 heteroatoms. The molecule has 0 fully saturated rings. The number of ether oxygens (including phenoxy) is 1. The Morgan fingerprint density at radius 1 is 1.71 bits per heavy atom. The lowest BCUT2D eigenvalue weighted by molar-refractivity contribution is -0.134. The van der Waals surface area contributed by atoms with Crippen molar-refractivity contribution in [2.24, 2.45) is 4.99 Å². The van der Waals surface area contributed by atoms with Crippen molar-refractivity contribution in [3.63, 3.8) is 0 Å². The van der Waals surface area contributed by atoms with Crippen LogP contribution < -0.4 is 0 Å². The summed E-state index contributed by atoms with van der Waals surface area (Å²) in [5.74, 6) is -0.289. The van der Waals surface area contributed by atoms with E-state index < -0.39 is 0 Å². The number of methoxy groups -OCH3 is 1. The molecule has 1 heterocycles. The first kappa shape index (κ1) is 11.0. The van der Waals surface area contributed by atoms with E-state index in [9.17, 15) is 4.79 Å². The Balaban J connectivity index is 2.30. The van der Waals surface area contributed by atoms with Crippen LogP contribution in [0.4, 0.5) is 0 Å². The maximum atomic E-state index is 10.8. The van der Waals surface area contributed by atoms with Gasteiger partial charge in [-0.15, -0.1) is 0 Å². The highest BCUT2D eigenvalue weighted by atomic mass is 16.5. The molecule has 1 atom stereocenters. The number of esters is 1. The first-order chi connectivity index (χ1) is 6.76. The van der Waals surface area contributed by atoms with Crippen molar-refractivity contribution in [1.82, 2.24) is 0 Å². The molecular formula is C11H17NO2. The van der Waals surface area contributed by atoms with Crippen LogP contribution in [0, 0.1) is 0 Å². The van der Waals surface area contributed by atoms with E-state index in [0.717, 1.165) is 25.7 Å². The minimum Gasteiger partial charge on any atom is -0.466 e. The largest absolute Gasteiger partial charge is 0.466 e. The van der Waals surface area contributed by atoms with Crippen LogP contribution in [0.3, 0.4) is 0 Å². The molecule has 0 unspecified atom stereocenters. The van der Waals surface area contributed by atoms with E-state index >= 15 is 0 Å². The molecule has 1 aliphatic heterocycles. The second-order valence-electron chi connectivity index (χ2n) is 3.40. The lowest BCUT2D eigenvalue weighted by Gasteiger charge is -2.00. The lowest BCUT2D eigenvalue weighted by Crippen LogP contribution is -1.98. The summed E-state index contributed by atoms with van der Waals surface area (Å²) in [6.45, 7) is 2.13. The third-order valence-corrected chi connectivity index (χ3v) is 2.40. The van der Waals surface area contributed by atoms with Gasteiger partial charge in [-0.05, 0) is 25.7 Å². The number of carbonyl (C=O) groups excluding carboxylic acids is 1. The summed E-state index contributed by atoms with van der Waals surface area (Å²) in [6, 6.07) is 0.380. The van der Waals surface area contributed by atoms with E-state index in [2.05, 4.69) is 16.7 Å². The monoisotopic (exact) mass is 195 g/mol. The summed E-state index contributed by atoms with van der Waals surface area (Å²) in [6.07, 6.45) is 7.45. The van der Waals surface area contributed by atoms with Crippen molar-refractivity contribution in [2.75, 3.05) is 7.11 Å². The van der Waals surface area contributed by atoms with Crippen LogP contribution in [-0.4, -0.2) is 24.8 Å². The smallest absolute Gasteiger partial charge is 0.330 e. The minimum atomic E-state index is -0.289. The van der Waals surface area contributed by atoms with Gasteiger partial charge < -0.3 is 4.74 Å². The van der Waals surface area contributed by atoms with E-state index in [4.69, 9.17) is 0 Å². The SMILES string of the molecule is CCC1=N[C@H](CC=CC(=O)OC)CC1. The van der Waals surface area contributed by atoms with Gasteiger partial charge in [-0.2, -0.15) is 0 Å². The van der Waals surface area contributed by atoms with Crippen LogP contribution in [0.15, 0.2) is 17.1 Å². The molecule has 0 N–H and O–H groups in total. The second-order valence-corrected chi connectivity index (χ2v) is 3.40. The van der Waals surface area contributed by atoms with Crippen molar-refractivity contribution in [1.29, 1.82) is 0 Å². The molecule has 0 saturated heterocycles. The number of rotatable bonds is 4. The van der Waals surface area contributed by atoms with Gasteiger partial charge in [-0.1, -0.05) is 13.0 Å². The van der Waals surface area contributed by atoms with Crippen LogP contribution in [0.1, 0.15) is 32.6 Å². The fraction of sp³-hybridized carbons (Fsp3) is 0.636. The lowest BCUT2D eigenvalue weighted by atomic mass is 10.1. The van der Waals surface area contributed by atoms with Gasteiger partial charge in [0, 0.05) is 11.8 Å². The molecule has 0 aliphatic carbocycles. The van der Waals surface area contributed by atoms with E-state index in [-0.39, 0.29) is 5.97 Å². The van der Waals surface area contributed by atoms with Crippen molar-refractivity contribution in [2.45, 2.75) is 38.6 Å². The average molecular weight is 195 g/mol. The Kier molecular flexibility index (Phi) is 4.36. The first-order valence-corrected chi connectivity index (χ1v) is 5.06. The van der Waals surface area contributed by atoms with E-state index in [1.807, 2.05) is 6.08 Å². The Morgan fingerprint density at radius 3 is 3.07 bits per heavy atom. The van der Waals surface area contributed by atoms with Crippen molar-refractivity contribution in [3.8, 4) is 0 Å². The molecule has 78 valence electrons. The van der Waals surface area contributed by atoms with Crippen LogP contribution in [0.2, 0.25) is 0 Å². The summed E-state index contributed by atoms with van der Waals surface area (Å²) in [5.41, 5.74) is 1.31. The van der Waals surface area contributed by atoms with Crippen LogP contribution in [0.5, 0.6) is 0 Å². The van der Waals surface area contributed by atoms with Gasteiger partial charge in [-0.25, -0.2) is 4.79 Å². The highest BCUT2D eigenvalue weighted by Gasteiger charge is 2.14. The molecule has 0 radical (unpaired) electrons. The van der Waals surface area contributed by atoms with Crippen LogP contribution >= 0.6 is 0 Å². The third kappa shape index (κ3) is 3.32. The van der Waals surface area contributed by atoms with Crippen LogP contribution in [-0.2, 0) is 9.53 Å². The second kappa shape index (κ2) is 5.58. The molecule has 1 rings (SSSR count). The fourth-order valence-corrected chi connectivity index (χ4v) is 1.55. The Morgan fingerprint density at radius 2 is 2.50 bits per heavy atom. The summed E-state index contributed by atoms with van der Waals surface area (Å²) < 4.78 is 4.50. The summed E-state index contributed by atoms with van der Waals surface area (Å²) >= 11 is 0. The third-order valence-electron chi connectivity index (χ3n) is 2.40. The predicted octanol–water partition coefficient (Wildman–Crippen LogP) is 2.12. The molecule has 0 amide bonds. The van der Waals surface area contributed by atoms with E-state index in [0.29, 0.717) is 6.04 Å². The highest BCUT2D eigenvalue weighted by Crippen LogP contribution is 2.18. The maximum absolute atomic E-state index is 10.8. The molecule has 14 heavy (non-hydrogen) atoms. The topological polar surface area (TPSA) is 38.7 Å². The molecule has 0 spiro atoms. The minimum absolute atomic E-state index is 0.289. The van der Waals surface area contributed by atoms with Gasteiger partial charge in [0.15, 0.2) is 0 Å². The predicted molar refractivity (Wildman–Crippen MR) is 56.5 cm³/mol. The zero-order valence-electron chi connectivity index (χ0n) is 8.82. The Hall–Kier alpha value is -1.12. The number of nitrogens with zero attached hydrogens (tertiary/aromatic N) is 1. The van der Waals surface area contributed by atoms with Crippen LogP contribution in [0.25, 0.3) is 0 Å².